The van der Waals surface area contributed by atoms with Crippen molar-refractivity contribution >= 4 is 12.6 Å². The third kappa shape index (κ3) is 0.912. The number of fused-ring (bicyclic) bond motifs is 1. The zero-order valence-electron chi connectivity index (χ0n) is 8.91. The highest BCUT2D eigenvalue weighted by atomic mass is 32.1. The summed E-state index contributed by atoms with van der Waals surface area (Å²) in [6, 6.07) is 0. The van der Waals surface area contributed by atoms with E-state index in [4.69, 9.17) is 0 Å². The molecular formula is C13H16S. The maximum absolute atomic E-state index is 4.30. The van der Waals surface area contributed by atoms with Gasteiger partial charge < -0.3 is 0 Å². The van der Waals surface area contributed by atoms with Crippen molar-refractivity contribution in [1.29, 1.82) is 0 Å². The van der Waals surface area contributed by atoms with E-state index >= 15 is 0 Å². The van der Waals surface area contributed by atoms with E-state index in [2.05, 4.69) is 63.8 Å². The Morgan fingerprint density at radius 2 is 1.71 bits per heavy atom. The van der Waals surface area contributed by atoms with Gasteiger partial charge in [0.2, 0.25) is 0 Å². The van der Waals surface area contributed by atoms with E-state index in [0.29, 0.717) is 0 Å². The molecule has 0 aliphatic heterocycles. The van der Waals surface area contributed by atoms with Crippen molar-refractivity contribution in [3.05, 3.63) is 46.9 Å². The monoisotopic (exact) mass is 204 g/mol. The Bertz CT molecular complexity index is 350. The number of rotatable bonds is 0. The predicted octanol–water partition coefficient (Wildman–Crippen LogP) is 3.90. The minimum Gasteiger partial charge on any atom is -0.151 e. The molecule has 2 unspecified atom stereocenters. The highest BCUT2D eigenvalue weighted by molar-refractivity contribution is 7.83. The van der Waals surface area contributed by atoms with Gasteiger partial charge in [0.25, 0.3) is 0 Å². The number of allylic oxidation sites excluding steroid dienone is 7. The molecule has 0 saturated heterocycles. The number of hydrogen-bond donors (Lipinski definition) is 1. The molecular weight excluding hydrogens is 188 g/mol. The van der Waals surface area contributed by atoms with E-state index in [1.54, 1.807) is 0 Å². The summed E-state index contributed by atoms with van der Waals surface area (Å²) in [7, 11) is 0. The molecule has 0 aromatic rings. The molecule has 14 heavy (non-hydrogen) atoms. The van der Waals surface area contributed by atoms with Gasteiger partial charge in [-0.2, -0.15) is 12.6 Å². The van der Waals surface area contributed by atoms with Gasteiger partial charge in [-0.3, -0.25) is 0 Å². The minimum absolute atomic E-state index is 0.101. The Balaban J connectivity index is 2.63. The van der Waals surface area contributed by atoms with Crippen LogP contribution in [0.15, 0.2) is 46.9 Å². The van der Waals surface area contributed by atoms with Crippen LogP contribution in [0.3, 0.4) is 0 Å². The van der Waals surface area contributed by atoms with E-state index in [1.165, 1.54) is 11.1 Å². The summed E-state index contributed by atoms with van der Waals surface area (Å²) in [5.41, 5.74) is 2.94. The molecule has 2 atom stereocenters. The van der Waals surface area contributed by atoms with E-state index in [9.17, 15) is 0 Å². The fourth-order valence-electron chi connectivity index (χ4n) is 2.59. The average Bonchev–Trinajstić information content (AvgIpc) is 2.55. The summed E-state index contributed by atoms with van der Waals surface area (Å²) in [5, 5.41) is 1.93. The lowest BCUT2D eigenvalue weighted by Crippen LogP contribution is -2.29. The summed E-state index contributed by atoms with van der Waals surface area (Å²) >= 11 is 4.30. The maximum Gasteiger partial charge on any atom is 0.0299 e. The van der Waals surface area contributed by atoms with Crippen LogP contribution in [-0.2, 0) is 0 Å². The molecule has 0 radical (unpaired) electrons. The van der Waals surface area contributed by atoms with Crippen LogP contribution in [0, 0.1) is 10.8 Å². The molecule has 1 heteroatoms. The normalized spacial score (nSPS) is 45.4. The minimum atomic E-state index is 0.101. The average molecular weight is 204 g/mol. The summed E-state index contributed by atoms with van der Waals surface area (Å²) in [6.07, 6.45) is 11.2. The second-order valence-corrected chi connectivity index (χ2v) is 4.66. The Hall–Kier alpha value is -0.690. The zero-order valence-corrected chi connectivity index (χ0v) is 9.81. The Labute approximate surface area is 91.5 Å². The Morgan fingerprint density at radius 3 is 2.21 bits per heavy atom. The Morgan fingerprint density at radius 1 is 1.14 bits per heavy atom. The van der Waals surface area contributed by atoms with Crippen LogP contribution in [0.25, 0.3) is 0 Å². The highest BCUT2D eigenvalue weighted by Gasteiger charge is 2.51. The highest BCUT2D eigenvalue weighted by Crippen LogP contribution is 2.60. The fourth-order valence-corrected chi connectivity index (χ4v) is 2.94. The largest absolute Gasteiger partial charge is 0.151 e. The predicted molar refractivity (Wildman–Crippen MR) is 65.3 cm³/mol. The van der Waals surface area contributed by atoms with Crippen LogP contribution in [0.1, 0.15) is 20.8 Å². The first-order valence-corrected chi connectivity index (χ1v) is 5.50. The molecule has 0 amide bonds. The lowest BCUT2D eigenvalue weighted by Gasteiger charge is -2.36. The van der Waals surface area contributed by atoms with Crippen LogP contribution in [0.2, 0.25) is 0 Å². The van der Waals surface area contributed by atoms with Crippen LogP contribution in [0.5, 0.6) is 0 Å². The molecule has 0 saturated carbocycles. The number of hydrogen-bond acceptors (Lipinski definition) is 1. The van der Waals surface area contributed by atoms with Gasteiger partial charge >= 0.3 is 0 Å². The quantitative estimate of drug-likeness (QED) is 0.568. The third-order valence-electron chi connectivity index (χ3n) is 3.90. The summed E-state index contributed by atoms with van der Waals surface area (Å²) < 4.78 is 0. The summed E-state index contributed by atoms with van der Waals surface area (Å²) in [5.74, 6) is 0. The van der Waals surface area contributed by atoms with Crippen molar-refractivity contribution in [2.24, 2.45) is 10.8 Å². The van der Waals surface area contributed by atoms with Gasteiger partial charge in [-0.05, 0) is 23.5 Å². The van der Waals surface area contributed by atoms with Crippen molar-refractivity contribution in [1.82, 2.24) is 0 Å². The molecule has 0 heterocycles. The standard InChI is InChI=1S/C13H16S/c1-4-10-5-7-12(2)8-6-11(9-14)13(10,12)3/h4-9,14H,1-3H3/b10-4-,11-9-. The van der Waals surface area contributed by atoms with Crippen LogP contribution >= 0.6 is 12.6 Å². The molecule has 0 N–H and O–H groups in total. The SMILES string of the molecule is C/C=C1/C=CC2(C)C=C/C(=C/S)C12C. The molecule has 0 nitrogen and oxygen atoms in total. The molecule has 0 spiro atoms. The molecule has 0 fully saturated rings. The van der Waals surface area contributed by atoms with Crippen molar-refractivity contribution in [3.8, 4) is 0 Å². The first kappa shape index (κ1) is 9.85. The van der Waals surface area contributed by atoms with Gasteiger partial charge in [-0.1, -0.05) is 44.2 Å². The molecule has 2 aliphatic rings. The molecule has 0 aromatic carbocycles. The van der Waals surface area contributed by atoms with Crippen molar-refractivity contribution in [2.75, 3.05) is 0 Å². The van der Waals surface area contributed by atoms with Gasteiger partial charge in [-0.15, -0.1) is 0 Å². The molecule has 0 bridgehead atoms. The van der Waals surface area contributed by atoms with E-state index in [1.807, 2.05) is 5.41 Å². The first-order valence-electron chi connectivity index (χ1n) is 4.98. The molecule has 2 rings (SSSR count). The second kappa shape index (κ2) is 2.90. The van der Waals surface area contributed by atoms with Gasteiger partial charge in [0, 0.05) is 10.8 Å². The van der Waals surface area contributed by atoms with Gasteiger partial charge in [0.1, 0.15) is 0 Å². The Kier molecular flexibility index (Phi) is 2.04. The maximum atomic E-state index is 4.30. The molecule has 2 aliphatic carbocycles. The third-order valence-corrected chi connectivity index (χ3v) is 4.18. The first-order chi connectivity index (χ1) is 6.58. The lowest BCUT2D eigenvalue weighted by molar-refractivity contribution is 0.325. The second-order valence-electron chi connectivity index (χ2n) is 4.40. The molecule has 74 valence electrons. The van der Waals surface area contributed by atoms with Gasteiger partial charge in [0.05, 0.1) is 0 Å². The van der Waals surface area contributed by atoms with Crippen LogP contribution < -0.4 is 0 Å². The van der Waals surface area contributed by atoms with Gasteiger partial charge in [-0.25, -0.2) is 0 Å². The van der Waals surface area contributed by atoms with Crippen molar-refractivity contribution < 1.29 is 0 Å². The summed E-state index contributed by atoms with van der Waals surface area (Å²) in [4.78, 5) is 0. The van der Waals surface area contributed by atoms with Crippen LogP contribution in [-0.4, -0.2) is 0 Å². The van der Waals surface area contributed by atoms with Crippen molar-refractivity contribution in [3.63, 3.8) is 0 Å². The topological polar surface area (TPSA) is 0 Å². The zero-order chi connectivity index (χ0) is 10.4. The fraction of sp³-hybridized carbons (Fsp3) is 0.385. The lowest BCUT2D eigenvalue weighted by atomic mass is 9.66. The molecule has 0 aromatic heterocycles. The number of thiol groups is 1. The summed E-state index contributed by atoms with van der Waals surface area (Å²) in [6.45, 7) is 6.68. The van der Waals surface area contributed by atoms with Crippen LogP contribution in [0.4, 0.5) is 0 Å². The van der Waals surface area contributed by atoms with E-state index in [-0.39, 0.29) is 10.8 Å². The van der Waals surface area contributed by atoms with E-state index in [0.717, 1.165) is 0 Å². The van der Waals surface area contributed by atoms with Crippen molar-refractivity contribution in [2.45, 2.75) is 20.8 Å². The smallest absolute Gasteiger partial charge is 0.0299 e. The van der Waals surface area contributed by atoms with E-state index < -0.39 is 0 Å². The van der Waals surface area contributed by atoms with Gasteiger partial charge in [0.15, 0.2) is 0 Å².